The van der Waals surface area contributed by atoms with Gasteiger partial charge in [0.05, 0.1) is 0 Å². The molecule has 20 heavy (non-hydrogen) atoms. The lowest BCUT2D eigenvalue weighted by Gasteiger charge is -2.55. The zero-order valence-corrected chi connectivity index (χ0v) is 17.2. The molecular formula is C14H14Si6. The third-order valence-corrected chi connectivity index (χ3v) is 30.6. The molecule has 0 amide bonds. The van der Waals surface area contributed by atoms with E-state index >= 15 is 0 Å². The summed E-state index contributed by atoms with van der Waals surface area (Å²) in [4.78, 5) is 0. The quantitative estimate of drug-likeness (QED) is 0.556. The van der Waals surface area contributed by atoms with E-state index in [1.165, 1.54) is 73.5 Å². The van der Waals surface area contributed by atoms with Gasteiger partial charge in [0.2, 0.25) is 0 Å². The van der Waals surface area contributed by atoms with Crippen LogP contribution in [0, 0.1) is 5.92 Å². The number of hydrogen-bond donors (Lipinski definition) is 0. The predicted molar refractivity (Wildman–Crippen MR) is 91.8 cm³/mol. The van der Waals surface area contributed by atoms with Gasteiger partial charge in [-0.15, -0.1) is 0 Å². The summed E-state index contributed by atoms with van der Waals surface area (Å²) in [6, 6.07) is 11.5. The van der Waals surface area contributed by atoms with Gasteiger partial charge in [-0.2, -0.15) is 0 Å². The first-order chi connectivity index (χ1) is 9.83. The number of hydrogen-bond acceptors (Lipinski definition) is 0. The lowest BCUT2D eigenvalue weighted by atomic mass is 9.97. The zero-order chi connectivity index (χ0) is 13.5. The van der Waals surface area contributed by atoms with E-state index in [0.717, 1.165) is 10.2 Å². The maximum atomic E-state index is 2.61. The molecule has 12 radical (unpaired) electrons. The van der Waals surface area contributed by atoms with Crippen LogP contribution in [0.2, 0.25) is 4.28 Å². The van der Waals surface area contributed by atoms with Gasteiger partial charge in [-0.3, -0.25) is 0 Å². The van der Waals surface area contributed by atoms with Crippen LogP contribution in [0.25, 0.3) is 0 Å². The first-order valence-electron chi connectivity index (χ1n) is 7.18. The number of allylic oxidation sites excluding steroid dienone is 2. The lowest BCUT2D eigenvalue weighted by Crippen LogP contribution is -2.70. The molecule has 0 N–H and O–H groups in total. The molecule has 1 unspecified atom stereocenters. The first-order valence-corrected chi connectivity index (χ1v) is 16.2. The molecule has 1 aromatic rings. The van der Waals surface area contributed by atoms with Crippen molar-refractivity contribution in [2.45, 2.75) is 27.8 Å². The summed E-state index contributed by atoms with van der Waals surface area (Å²) >= 11 is 0. The molecule has 5 rings (SSSR count). The van der Waals surface area contributed by atoms with Gasteiger partial charge < -0.3 is 0 Å². The topological polar surface area (TPSA) is 0 Å². The molecule has 0 aromatic heterocycles. The highest BCUT2D eigenvalue weighted by Gasteiger charge is 2.53. The van der Waals surface area contributed by atoms with E-state index in [2.05, 4.69) is 42.5 Å². The van der Waals surface area contributed by atoms with Crippen LogP contribution in [0.15, 0.2) is 42.5 Å². The van der Waals surface area contributed by atoms with Crippen LogP contribution in [-0.4, -0.2) is 54.2 Å². The van der Waals surface area contributed by atoms with Gasteiger partial charge in [-0.25, -0.2) is 0 Å². The average molecular weight is 351 g/mol. The standard InChI is InChI=1S/C14H14Si6/c1-3-7-11(8-4-1)13-15-18-14(19-16-13,20-17-13)12-9-5-2-6-10-12/h1,3-5,7-9,12H,2,6,10H2. The van der Waals surface area contributed by atoms with E-state index in [9.17, 15) is 0 Å². The second-order valence-corrected chi connectivity index (χ2v) is 19.3. The van der Waals surface area contributed by atoms with E-state index in [-0.39, 0.29) is 0 Å². The van der Waals surface area contributed by atoms with Crippen molar-refractivity contribution < 1.29 is 0 Å². The molecule has 3 fully saturated rings. The van der Waals surface area contributed by atoms with Crippen molar-refractivity contribution in [1.29, 1.82) is 0 Å². The summed E-state index contributed by atoms with van der Waals surface area (Å²) < 4.78 is 1.44. The molecule has 3 saturated heterocycles. The highest BCUT2D eigenvalue weighted by molar-refractivity contribution is 7.42. The zero-order valence-electron chi connectivity index (χ0n) is 11.2. The Morgan fingerprint density at radius 3 is 2.20 bits per heavy atom. The minimum atomic E-state index is 0.650. The Morgan fingerprint density at radius 2 is 1.60 bits per heavy atom. The second-order valence-electron chi connectivity index (χ2n) is 5.64. The molecule has 1 atom stereocenters. The maximum absolute atomic E-state index is 2.61. The van der Waals surface area contributed by atoms with E-state index in [1.807, 2.05) is 0 Å². The smallest absolute Gasteiger partial charge is 0.0272 e. The molecule has 0 saturated carbocycles. The predicted octanol–water partition coefficient (Wildman–Crippen LogP) is 1.22. The molecule has 2 bridgehead atoms. The Bertz CT molecular complexity index is 489. The lowest BCUT2D eigenvalue weighted by molar-refractivity contribution is 0.539. The van der Waals surface area contributed by atoms with Crippen LogP contribution < -0.4 is 0 Å². The normalized spacial score (nSPS) is 39.9. The van der Waals surface area contributed by atoms with Crippen LogP contribution in [0.5, 0.6) is 0 Å². The first kappa shape index (κ1) is 13.9. The second kappa shape index (κ2) is 5.47. The van der Waals surface area contributed by atoms with Crippen molar-refractivity contribution >= 4 is 54.2 Å². The number of fused-ring (bicyclic) bond motifs is 3. The van der Waals surface area contributed by atoms with Gasteiger partial charge in [0, 0.05) is 54.2 Å². The van der Waals surface area contributed by atoms with Crippen molar-refractivity contribution in [1.82, 2.24) is 0 Å². The SMILES string of the molecule is C1=CC(C23[Si][Si]C(c4ccccc4)([Si][Si]2)[Si][Si]3)CCC1. The molecule has 3 aliphatic heterocycles. The third kappa shape index (κ3) is 2.24. The van der Waals surface area contributed by atoms with Crippen LogP contribution in [0.1, 0.15) is 24.8 Å². The van der Waals surface area contributed by atoms with Crippen LogP contribution in [0.3, 0.4) is 0 Å². The number of rotatable bonds is 2. The fourth-order valence-electron chi connectivity index (χ4n) is 3.12. The molecule has 6 heteroatoms. The third-order valence-electron chi connectivity index (χ3n) is 4.36. The fourth-order valence-corrected chi connectivity index (χ4v) is 34.7. The van der Waals surface area contributed by atoms with Crippen LogP contribution in [0.4, 0.5) is 0 Å². The van der Waals surface area contributed by atoms with Gasteiger partial charge in [0.1, 0.15) is 0 Å². The van der Waals surface area contributed by atoms with Gasteiger partial charge in [0.25, 0.3) is 0 Å². The van der Waals surface area contributed by atoms with Crippen molar-refractivity contribution in [3.05, 3.63) is 48.0 Å². The van der Waals surface area contributed by atoms with E-state index in [1.54, 1.807) is 5.56 Å². The van der Waals surface area contributed by atoms with E-state index in [0.29, 0.717) is 4.28 Å². The molecule has 4 aliphatic rings. The minimum Gasteiger partial charge on any atom is -0.0883 e. The summed E-state index contributed by atoms with van der Waals surface area (Å²) in [7, 11) is 7.42. The van der Waals surface area contributed by atoms with E-state index < -0.39 is 0 Å². The highest BCUT2D eigenvalue weighted by atomic mass is 29.3. The van der Waals surface area contributed by atoms with Crippen LogP contribution >= 0.6 is 0 Å². The van der Waals surface area contributed by atoms with Crippen molar-refractivity contribution in [3.63, 3.8) is 0 Å². The summed E-state index contributed by atoms with van der Waals surface area (Å²) in [6.45, 7) is 0. The molecule has 0 spiro atoms. The monoisotopic (exact) mass is 350 g/mol. The molecular weight excluding hydrogens is 337 g/mol. The Labute approximate surface area is 135 Å². The Hall–Kier alpha value is 0.261. The van der Waals surface area contributed by atoms with Gasteiger partial charge in [-0.1, -0.05) is 52.3 Å². The van der Waals surface area contributed by atoms with Crippen molar-refractivity contribution in [2.24, 2.45) is 5.92 Å². The Balaban J connectivity index is 1.57. The van der Waals surface area contributed by atoms with Gasteiger partial charge in [-0.05, 0) is 29.5 Å². The molecule has 1 aromatic carbocycles. The Morgan fingerprint density at radius 1 is 0.900 bits per heavy atom. The van der Waals surface area contributed by atoms with Crippen molar-refractivity contribution in [2.75, 3.05) is 0 Å². The summed E-state index contributed by atoms with van der Waals surface area (Å²) in [5, 5.41) is 0. The molecule has 1 aliphatic carbocycles. The van der Waals surface area contributed by atoms with Crippen LogP contribution in [-0.2, 0) is 4.28 Å². The summed E-state index contributed by atoms with van der Waals surface area (Å²) in [6.07, 6.45) is 9.35. The minimum absolute atomic E-state index is 0.650. The largest absolute Gasteiger partial charge is 0.0883 e. The fraction of sp³-hybridized carbons (Fsp3) is 0.429. The maximum Gasteiger partial charge on any atom is 0.0272 e. The van der Waals surface area contributed by atoms with Gasteiger partial charge >= 0.3 is 0 Å². The van der Waals surface area contributed by atoms with Gasteiger partial charge in [0.15, 0.2) is 0 Å². The Kier molecular flexibility index (Phi) is 3.80. The molecule has 94 valence electrons. The summed E-state index contributed by atoms with van der Waals surface area (Å²) in [5.74, 6) is 0.952. The highest BCUT2D eigenvalue weighted by Crippen LogP contribution is 2.46. The molecule has 0 nitrogen and oxygen atoms in total. The van der Waals surface area contributed by atoms with E-state index in [4.69, 9.17) is 0 Å². The summed E-state index contributed by atoms with van der Waals surface area (Å²) in [5.41, 5.74) is 1.68. The number of benzene rings is 1. The molecule has 3 heterocycles. The average Bonchev–Trinajstić information content (AvgIpc) is 2.58. The van der Waals surface area contributed by atoms with Crippen molar-refractivity contribution in [3.8, 4) is 0 Å².